The van der Waals surface area contributed by atoms with Gasteiger partial charge in [0.25, 0.3) is 0 Å². The lowest BCUT2D eigenvalue weighted by atomic mass is 10.1. The highest BCUT2D eigenvalue weighted by Gasteiger charge is 2.36. The molecule has 1 saturated heterocycles. The highest BCUT2D eigenvalue weighted by atomic mass is 16.2. The molecular formula is C21H33N3O2. The minimum atomic E-state index is -0.190. The summed E-state index contributed by atoms with van der Waals surface area (Å²) in [5, 5.41) is 3.02. The number of hydrogen-bond acceptors (Lipinski definition) is 3. The Kier molecular flexibility index (Phi) is 8.10. The van der Waals surface area contributed by atoms with E-state index in [1.807, 2.05) is 11.0 Å². The number of benzene rings is 1. The van der Waals surface area contributed by atoms with E-state index >= 15 is 0 Å². The van der Waals surface area contributed by atoms with E-state index in [1.165, 1.54) is 5.56 Å². The van der Waals surface area contributed by atoms with E-state index in [0.29, 0.717) is 19.5 Å². The fourth-order valence-electron chi connectivity index (χ4n) is 3.67. The first kappa shape index (κ1) is 20.4. The zero-order chi connectivity index (χ0) is 18.9. The normalized spacial score (nSPS) is 17.3. The molecule has 0 saturated carbocycles. The average Bonchev–Trinajstić information content (AvgIpc) is 3.02. The van der Waals surface area contributed by atoms with Gasteiger partial charge in [0.15, 0.2) is 0 Å². The Hall–Kier alpha value is -1.88. The van der Waals surface area contributed by atoms with Crippen LogP contribution in [0.15, 0.2) is 30.3 Å². The quantitative estimate of drug-likeness (QED) is 0.654. The maximum Gasteiger partial charge on any atom is 0.225 e. The third kappa shape index (κ3) is 5.84. The van der Waals surface area contributed by atoms with Crippen molar-refractivity contribution in [1.82, 2.24) is 15.1 Å². The van der Waals surface area contributed by atoms with Crippen LogP contribution >= 0.6 is 0 Å². The zero-order valence-electron chi connectivity index (χ0n) is 16.4. The molecule has 1 aliphatic heterocycles. The summed E-state index contributed by atoms with van der Waals surface area (Å²) in [5.41, 5.74) is 1.30. The molecule has 144 valence electrons. The smallest absolute Gasteiger partial charge is 0.225 e. The van der Waals surface area contributed by atoms with Crippen LogP contribution in [0.5, 0.6) is 0 Å². The molecule has 0 aliphatic carbocycles. The molecule has 2 amide bonds. The van der Waals surface area contributed by atoms with Gasteiger partial charge in [0.05, 0.1) is 5.92 Å². The summed E-state index contributed by atoms with van der Waals surface area (Å²) >= 11 is 0. The van der Waals surface area contributed by atoms with Crippen molar-refractivity contribution < 1.29 is 9.59 Å². The number of nitrogens with one attached hydrogen (secondary N) is 1. The second-order valence-corrected chi connectivity index (χ2v) is 7.29. The molecule has 1 unspecified atom stereocenters. The van der Waals surface area contributed by atoms with Gasteiger partial charge in [-0.15, -0.1) is 0 Å². The minimum Gasteiger partial charge on any atom is -0.356 e. The van der Waals surface area contributed by atoms with Crippen LogP contribution in [0.1, 0.15) is 45.1 Å². The summed E-state index contributed by atoms with van der Waals surface area (Å²) in [6.07, 6.45) is 3.16. The molecule has 0 radical (unpaired) electrons. The first-order valence-corrected chi connectivity index (χ1v) is 9.84. The fourth-order valence-corrected chi connectivity index (χ4v) is 3.67. The molecule has 1 fully saturated rings. The summed E-state index contributed by atoms with van der Waals surface area (Å²) in [5.74, 6) is -0.0379. The molecule has 1 aromatic rings. The van der Waals surface area contributed by atoms with Crippen LogP contribution in [-0.4, -0.2) is 54.3 Å². The Morgan fingerprint density at radius 2 is 1.96 bits per heavy atom. The summed E-state index contributed by atoms with van der Waals surface area (Å²) in [7, 11) is 2.10. The van der Waals surface area contributed by atoms with Gasteiger partial charge in [-0.3, -0.25) is 9.59 Å². The molecule has 0 aromatic heterocycles. The molecular weight excluding hydrogens is 326 g/mol. The van der Waals surface area contributed by atoms with E-state index in [9.17, 15) is 9.59 Å². The SMILES string of the molecule is CCC(CC)N1CC(C(=O)NCCCN(C)Cc2ccccc2)CC1=O. The summed E-state index contributed by atoms with van der Waals surface area (Å²) in [4.78, 5) is 28.7. The average molecular weight is 360 g/mol. The second-order valence-electron chi connectivity index (χ2n) is 7.29. The van der Waals surface area contributed by atoms with Crippen LogP contribution in [0, 0.1) is 5.92 Å². The Balaban J connectivity index is 1.67. The number of amides is 2. The summed E-state index contributed by atoms with van der Waals surface area (Å²) < 4.78 is 0. The lowest BCUT2D eigenvalue weighted by molar-refractivity contribution is -0.130. The second kappa shape index (κ2) is 10.3. The van der Waals surface area contributed by atoms with Crippen molar-refractivity contribution in [3.63, 3.8) is 0 Å². The number of likely N-dealkylation sites (tertiary alicyclic amines) is 1. The molecule has 1 aromatic carbocycles. The maximum absolute atomic E-state index is 12.4. The van der Waals surface area contributed by atoms with Crippen molar-refractivity contribution >= 4 is 11.8 Å². The largest absolute Gasteiger partial charge is 0.356 e. The third-order valence-corrected chi connectivity index (χ3v) is 5.22. The molecule has 5 heteroatoms. The van der Waals surface area contributed by atoms with Crippen molar-refractivity contribution in [2.45, 2.75) is 52.1 Å². The first-order valence-electron chi connectivity index (χ1n) is 9.84. The van der Waals surface area contributed by atoms with Crippen LogP contribution in [0.4, 0.5) is 0 Å². The molecule has 0 spiro atoms. The van der Waals surface area contributed by atoms with E-state index in [4.69, 9.17) is 0 Å². The predicted molar refractivity (Wildman–Crippen MR) is 105 cm³/mol. The number of carbonyl (C=O) groups excluding carboxylic acids is 2. The van der Waals surface area contributed by atoms with Crippen molar-refractivity contribution in [2.75, 3.05) is 26.7 Å². The van der Waals surface area contributed by atoms with Crippen LogP contribution in [0.2, 0.25) is 0 Å². The fraction of sp³-hybridized carbons (Fsp3) is 0.619. The molecule has 26 heavy (non-hydrogen) atoms. The Morgan fingerprint density at radius 3 is 2.62 bits per heavy atom. The van der Waals surface area contributed by atoms with Crippen LogP contribution in [-0.2, 0) is 16.1 Å². The number of nitrogens with zero attached hydrogens (tertiary/aromatic N) is 2. The van der Waals surface area contributed by atoms with Gasteiger partial charge >= 0.3 is 0 Å². The van der Waals surface area contributed by atoms with Crippen molar-refractivity contribution in [2.24, 2.45) is 5.92 Å². The third-order valence-electron chi connectivity index (χ3n) is 5.22. The van der Waals surface area contributed by atoms with Crippen molar-refractivity contribution in [1.29, 1.82) is 0 Å². The molecule has 0 bridgehead atoms. The van der Waals surface area contributed by atoms with Crippen LogP contribution < -0.4 is 5.32 Å². The van der Waals surface area contributed by atoms with Gasteiger partial charge < -0.3 is 15.1 Å². The maximum atomic E-state index is 12.4. The first-order chi connectivity index (χ1) is 12.5. The van der Waals surface area contributed by atoms with E-state index in [2.05, 4.69) is 55.4 Å². The number of hydrogen-bond donors (Lipinski definition) is 1. The highest BCUT2D eigenvalue weighted by molar-refractivity contribution is 5.89. The van der Waals surface area contributed by atoms with E-state index in [-0.39, 0.29) is 23.8 Å². The molecule has 1 atom stereocenters. The number of carbonyl (C=O) groups is 2. The summed E-state index contributed by atoms with van der Waals surface area (Å²) in [6, 6.07) is 10.7. The van der Waals surface area contributed by atoms with Crippen LogP contribution in [0.3, 0.4) is 0 Å². The molecule has 2 rings (SSSR count). The Labute approximate surface area is 157 Å². The van der Waals surface area contributed by atoms with Gasteiger partial charge in [-0.2, -0.15) is 0 Å². The number of rotatable bonds is 10. The van der Waals surface area contributed by atoms with E-state index < -0.39 is 0 Å². The molecule has 1 aliphatic rings. The Bertz CT molecular complexity index is 572. The van der Waals surface area contributed by atoms with Gasteiger partial charge in [-0.1, -0.05) is 44.2 Å². The predicted octanol–water partition coefficient (Wildman–Crippen LogP) is 2.66. The van der Waals surface area contributed by atoms with Crippen LogP contribution in [0.25, 0.3) is 0 Å². The standard InChI is InChI=1S/C21H33N3O2/c1-4-19(5-2)24-16-18(14-20(24)25)21(26)22-12-9-13-23(3)15-17-10-7-6-8-11-17/h6-8,10-11,18-19H,4-5,9,12-16H2,1-3H3,(H,22,26). The zero-order valence-corrected chi connectivity index (χ0v) is 16.4. The molecule has 1 N–H and O–H groups in total. The van der Waals surface area contributed by atoms with Gasteiger partial charge in [0, 0.05) is 32.1 Å². The molecule has 1 heterocycles. The van der Waals surface area contributed by atoms with Crippen molar-refractivity contribution in [3.05, 3.63) is 35.9 Å². The molecule has 5 nitrogen and oxygen atoms in total. The van der Waals surface area contributed by atoms with Gasteiger partial charge in [-0.05, 0) is 38.4 Å². The summed E-state index contributed by atoms with van der Waals surface area (Å²) in [6.45, 7) is 7.27. The monoisotopic (exact) mass is 359 g/mol. The Morgan fingerprint density at radius 1 is 1.27 bits per heavy atom. The lowest BCUT2D eigenvalue weighted by Gasteiger charge is -2.26. The minimum absolute atomic E-state index is 0.0255. The van der Waals surface area contributed by atoms with Crippen molar-refractivity contribution in [3.8, 4) is 0 Å². The van der Waals surface area contributed by atoms with Gasteiger partial charge in [0.1, 0.15) is 0 Å². The van der Waals surface area contributed by atoms with E-state index in [1.54, 1.807) is 0 Å². The van der Waals surface area contributed by atoms with E-state index in [0.717, 1.165) is 32.4 Å². The lowest BCUT2D eigenvalue weighted by Crippen LogP contribution is -2.38. The van der Waals surface area contributed by atoms with Gasteiger partial charge in [-0.25, -0.2) is 0 Å². The van der Waals surface area contributed by atoms with Gasteiger partial charge in [0.2, 0.25) is 11.8 Å². The highest BCUT2D eigenvalue weighted by Crippen LogP contribution is 2.23. The topological polar surface area (TPSA) is 52.7 Å².